The molecule has 2 unspecified atom stereocenters. The van der Waals surface area contributed by atoms with Crippen LogP contribution in [0.15, 0.2) is 16.6 Å². The van der Waals surface area contributed by atoms with E-state index in [2.05, 4.69) is 15.9 Å². The van der Waals surface area contributed by atoms with Crippen molar-refractivity contribution in [3.05, 3.63) is 22.2 Å². The number of halogens is 1. The van der Waals surface area contributed by atoms with E-state index in [1.807, 2.05) is 13.8 Å². The molecule has 102 valence electrons. The number of hydrogen-bond acceptors (Lipinski definition) is 4. The van der Waals surface area contributed by atoms with Crippen LogP contribution in [0.25, 0.3) is 0 Å². The lowest BCUT2D eigenvalue weighted by atomic mass is 10.0. The summed E-state index contributed by atoms with van der Waals surface area (Å²) in [6.07, 6.45) is -1.05. The van der Waals surface area contributed by atoms with Crippen LogP contribution in [0.4, 0.5) is 0 Å². The molecular formula is C13H19BrO4. The molecule has 1 N–H and O–H groups in total. The van der Waals surface area contributed by atoms with E-state index in [0.29, 0.717) is 28.1 Å². The van der Waals surface area contributed by atoms with Crippen LogP contribution in [0, 0.1) is 0 Å². The number of aliphatic hydroxyl groups is 1. The largest absolute Gasteiger partial charge is 0.495 e. The zero-order chi connectivity index (χ0) is 13.7. The second kappa shape index (κ2) is 6.97. The first-order valence-electron chi connectivity index (χ1n) is 5.76. The summed E-state index contributed by atoms with van der Waals surface area (Å²) < 4.78 is 16.6. The maximum atomic E-state index is 10.3. The van der Waals surface area contributed by atoms with E-state index in [9.17, 15) is 5.11 Å². The molecule has 0 amide bonds. The Bertz CT molecular complexity index is 395. The molecule has 5 heteroatoms. The number of methoxy groups -OCH3 is 2. The van der Waals surface area contributed by atoms with Crippen molar-refractivity contribution >= 4 is 15.9 Å². The Morgan fingerprint density at radius 1 is 1.28 bits per heavy atom. The highest BCUT2D eigenvalue weighted by Crippen LogP contribution is 2.40. The minimum atomic E-state index is -0.748. The van der Waals surface area contributed by atoms with Crippen molar-refractivity contribution < 1.29 is 19.3 Å². The van der Waals surface area contributed by atoms with Gasteiger partial charge >= 0.3 is 0 Å². The molecule has 0 aliphatic heterocycles. The molecule has 0 aromatic heterocycles. The molecule has 0 bridgehead atoms. The van der Waals surface area contributed by atoms with Gasteiger partial charge in [-0.15, -0.1) is 0 Å². The smallest absolute Gasteiger partial charge is 0.142 e. The van der Waals surface area contributed by atoms with Crippen LogP contribution in [0.2, 0.25) is 0 Å². The van der Waals surface area contributed by atoms with Gasteiger partial charge in [-0.05, 0) is 41.9 Å². The molecule has 4 nitrogen and oxygen atoms in total. The predicted molar refractivity (Wildman–Crippen MR) is 73.3 cm³/mol. The molecule has 0 saturated heterocycles. The average molecular weight is 319 g/mol. The summed E-state index contributed by atoms with van der Waals surface area (Å²) in [7, 11) is 3.14. The molecule has 0 fully saturated rings. The highest BCUT2D eigenvalue weighted by atomic mass is 79.9. The Hall–Kier alpha value is -0.780. The van der Waals surface area contributed by atoms with Crippen molar-refractivity contribution in [3.8, 4) is 11.5 Å². The highest BCUT2D eigenvalue weighted by molar-refractivity contribution is 9.10. The van der Waals surface area contributed by atoms with E-state index >= 15 is 0 Å². The number of benzene rings is 1. The van der Waals surface area contributed by atoms with Crippen molar-refractivity contribution in [2.75, 3.05) is 20.8 Å². The van der Waals surface area contributed by atoms with Crippen molar-refractivity contribution in [2.45, 2.75) is 26.1 Å². The Labute approximate surface area is 116 Å². The van der Waals surface area contributed by atoms with Gasteiger partial charge in [0.1, 0.15) is 22.1 Å². The molecule has 0 aliphatic carbocycles. The van der Waals surface area contributed by atoms with Gasteiger partial charge in [0, 0.05) is 12.2 Å². The lowest BCUT2D eigenvalue weighted by Crippen LogP contribution is -2.19. The second-order valence-electron chi connectivity index (χ2n) is 3.81. The summed E-state index contributed by atoms with van der Waals surface area (Å²) in [6.45, 7) is 4.27. The summed E-state index contributed by atoms with van der Waals surface area (Å²) in [4.78, 5) is 0. The van der Waals surface area contributed by atoms with Crippen LogP contribution in [0.3, 0.4) is 0 Å². The fourth-order valence-corrected chi connectivity index (χ4v) is 2.44. The third-order valence-electron chi connectivity index (χ3n) is 2.71. The van der Waals surface area contributed by atoms with Gasteiger partial charge < -0.3 is 19.3 Å². The monoisotopic (exact) mass is 318 g/mol. The first-order chi connectivity index (χ1) is 8.56. The summed E-state index contributed by atoms with van der Waals surface area (Å²) in [5.74, 6) is 1.22. The van der Waals surface area contributed by atoms with E-state index in [1.165, 1.54) is 0 Å². The Morgan fingerprint density at radius 3 is 2.44 bits per heavy atom. The van der Waals surface area contributed by atoms with Gasteiger partial charge in [-0.3, -0.25) is 0 Å². The molecule has 18 heavy (non-hydrogen) atoms. The topological polar surface area (TPSA) is 47.9 Å². The van der Waals surface area contributed by atoms with Gasteiger partial charge in [0.25, 0.3) is 0 Å². The van der Waals surface area contributed by atoms with Crippen LogP contribution in [0.1, 0.15) is 25.5 Å². The fraction of sp³-hybridized carbons (Fsp3) is 0.538. The first kappa shape index (κ1) is 15.3. The van der Waals surface area contributed by atoms with Gasteiger partial charge in [-0.25, -0.2) is 0 Å². The molecule has 0 aliphatic rings. The number of aliphatic hydroxyl groups excluding tert-OH is 1. The quantitative estimate of drug-likeness (QED) is 0.876. The molecular weight excluding hydrogens is 300 g/mol. The summed E-state index contributed by atoms with van der Waals surface area (Å²) in [6, 6.07) is 3.56. The molecule has 1 rings (SSSR count). The van der Waals surface area contributed by atoms with E-state index < -0.39 is 6.10 Å². The van der Waals surface area contributed by atoms with Crippen LogP contribution < -0.4 is 9.47 Å². The Balaban J connectivity index is 3.12. The molecule has 1 aromatic carbocycles. The molecule has 0 radical (unpaired) electrons. The number of hydrogen-bond donors (Lipinski definition) is 1. The number of rotatable bonds is 6. The van der Waals surface area contributed by atoms with Crippen LogP contribution in [0.5, 0.6) is 11.5 Å². The molecule has 1 aromatic rings. The van der Waals surface area contributed by atoms with E-state index in [1.54, 1.807) is 26.4 Å². The van der Waals surface area contributed by atoms with Crippen molar-refractivity contribution in [1.82, 2.24) is 0 Å². The van der Waals surface area contributed by atoms with E-state index in [-0.39, 0.29) is 6.10 Å². The van der Waals surface area contributed by atoms with Crippen LogP contribution >= 0.6 is 15.9 Å². The minimum Gasteiger partial charge on any atom is -0.495 e. The van der Waals surface area contributed by atoms with Crippen molar-refractivity contribution in [1.29, 1.82) is 0 Å². The third-order valence-corrected chi connectivity index (χ3v) is 3.46. The Morgan fingerprint density at radius 2 is 1.94 bits per heavy atom. The second-order valence-corrected chi connectivity index (χ2v) is 4.60. The Kier molecular flexibility index (Phi) is 5.91. The molecule has 0 saturated carbocycles. The molecule has 0 spiro atoms. The summed E-state index contributed by atoms with van der Waals surface area (Å²) in [5.41, 5.74) is 0.672. The van der Waals surface area contributed by atoms with Gasteiger partial charge in [-0.2, -0.15) is 0 Å². The van der Waals surface area contributed by atoms with Gasteiger partial charge in [0.05, 0.1) is 20.3 Å². The summed E-state index contributed by atoms with van der Waals surface area (Å²) in [5, 5.41) is 10.3. The SMILES string of the molecule is CCOC(C)C(O)c1ccc(OC)c(Br)c1OC. The van der Waals surface area contributed by atoms with Crippen LogP contribution in [-0.2, 0) is 4.74 Å². The maximum Gasteiger partial charge on any atom is 0.142 e. The minimum absolute atomic E-state index is 0.302. The zero-order valence-electron chi connectivity index (χ0n) is 11.1. The molecule has 2 atom stereocenters. The molecule has 0 heterocycles. The van der Waals surface area contributed by atoms with Crippen molar-refractivity contribution in [2.24, 2.45) is 0 Å². The lowest BCUT2D eigenvalue weighted by molar-refractivity contribution is -0.0237. The van der Waals surface area contributed by atoms with Crippen LogP contribution in [-0.4, -0.2) is 32.0 Å². The van der Waals surface area contributed by atoms with Gasteiger partial charge in [-0.1, -0.05) is 0 Å². The standard InChI is InChI=1S/C13H19BrO4/c1-5-18-8(2)12(15)9-6-7-10(16-3)11(14)13(9)17-4/h6-8,12,15H,5H2,1-4H3. The highest BCUT2D eigenvalue weighted by Gasteiger charge is 2.23. The predicted octanol–water partition coefficient (Wildman–Crippen LogP) is 2.92. The van der Waals surface area contributed by atoms with Gasteiger partial charge in [0.15, 0.2) is 0 Å². The first-order valence-corrected chi connectivity index (χ1v) is 6.56. The maximum absolute atomic E-state index is 10.3. The lowest BCUT2D eigenvalue weighted by Gasteiger charge is -2.22. The summed E-state index contributed by atoms with van der Waals surface area (Å²) >= 11 is 3.41. The fourth-order valence-electron chi connectivity index (χ4n) is 1.76. The van der Waals surface area contributed by atoms with Gasteiger partial charge in [0.2, 0.25) is 0 Å². The van der Waals surface area contributed by atoms with E-state index in [0.717, 1.165) is 0 Å². The third kappa shape index (κ3) is 3.16. The average Bonchev–Trinajstić information content (AvgIpc) is 2.37. The number of ether oxygens (including phenoxy) is 3. The van der Waals surface area contributed by atoms with Crippen molar-refractivity contribution in [3.63, 3.8) is 0 Å². The zero-order valence-corrected chi connectivity index (χ0v) is 12.7. The normalized spacial score (nSPS) is 14.1. The van der Waals surface area contributed by atoms with E-state index in [4.69, 9.17) is 14.2 Å².